The van der Waals surface area contributed by atoms with Crippen molar-refractivity contribution in [3.63, 3.8) is 0 Å². The number of carbonyl (C=O) groups is 1. The highest BCUT2D eigenvalue weighted by Crippen LogP contribution is 2.26. The van der Waals surface area contributed by atoms with Crippen molar-refractivity contribution in [3.05, 3.63) is 59.4 Å². The highest BCUT2D eigenvalue weighted by molar-refractivity contribution is 7.89. The molecular weight excluding hydrogens is 395 g/mol. The Morgan fingerprint density at radius 2 is 1.76 bits per heavy atom. The number of likely N-dealkylation sites (tertiary alicyclic amines) is 1. The van der Waals surface area contributed by atoms with E-state index in [1.807, 2.05) is 0 Å². The van der Waals surface area contributed by atoms with Crippen LogP contribution in [-0.4, -0.2) is 39.4 Å². The topological polar surface area (TPSA) is 75.7 Å². The molecule has 2 aromatic carbocycles. The SMILES string of the molecule is COc1ccc(S(=O)(=O)NC(C)c2ccc(F)cc2)cc1C(=O)N1CCCCC1. The molecule has 1 heterocycles. The fourth-order valence-corrected chi connectivity index (χ4v) is 4.67. The van der Waals surface area contributed by atoms with Crippen molar-refractivity contribution in [2.24, 2.45) is 0 Å². The van der Waals surface area contributed by atoms with Crippen LogP contribution in [0.2, 0.25) is 0 Å². The molecule has 1 saturated heterocycles. The van der Waals surface area contributed by atoms with E-state index in [4.69, 9.17) is 4.74 Å². The molecule has 156 valence electrons. The summed E-state index contributed by atoms with van der Waals surface area (Å²) in [5, 5.41) is 0. The van der Waals surface area contributed by atoms with Gasteiger partial charge in [0.1, 0.15) is 11.6 Å². The lowest BCUT2D eigenvalue weighted by Gasteiger charge is -2.27. The first-order valence-corrected chi connectivity index (χ1v) is 11.1. The molecule has 1 aliphatic rings. The summed E-state index contributed by atoms with van der Waals surface area (Å²) in [5.41, 5.74) is 0.861. The molecule has 29 heavy (non-hydrogen) atoms. The molecule has 1 amide bonds. The Balaban J connectivity index is 1.86. The number of sulfonamides is 1. The zero-order valence-electron chi connectivity index (χ0n) is 16.5. The highest BCUT2D eigenvalue weighted by Gasteiger charge is 2.25. The first kappa shape index (κ1) is 21.3. The first-order valence-electron chi connectivity index (χ1n) is 9.57. The number of hydrogen-bond acceptors (Lipinski definition) is 4. The van der Waals surface area contributed by atoms with Gasteiger partial charge in [-0.2, -0.15) is 0 Å². The Hall–Kier alpha value is -2.45. The number of benzene rings is 2. The van der Waals surface area contributed by atoms with Crippen molar-refractivity contribution in [3.8, 4) is 5.75 Å². The number of nitrogens with zero attached hydrogens (tertiary/aromatic N) is 1. The second-order valence-corrected chi connectivity index (χ2v) is 8.82. The number of methoxy groups -OCH3 is 1. The van der Waals surface area contributed by atoms with Gasteiger partial charge in [0.2, 0.25) is 10.0 Å². The van der Waals surface area contributed by atoms with E-state index < -0.39 is 16.1 Å². The van der Waals surface area contributed by atoms with Gasteiger partial charge < -0.3 is 9.64 Å². The van der Waals surface area contributed by atoms with Crippen LogP contribution in [0.25, 0.3) is 0 Å². The fourth-order valence-electron chi connectivity index (χ4n) is 3.41. The molecule has 8 heteroatoms. The fraction of sp³-hybridized carbons (Fsp3) is 0.381. The van der Waals surface area contributed by atoms with Gasteiger partial charge in [-0.1, -0.05) is 12.1 Å². The molecule has 1 unspecified atom stereocenters. The number of rotatable bonds is 6. The van der Waals surface area contributed by atoms with Crippen molar-refractivity contribution < 1.29 is 22.3 Å². The third kappa shape index (κ3) is 4.94. The van der Waals surface area contributed by atoms with Gasteiger partial charge in [0, 0.05) is 19.1 Å². The molecule has 0 saturated carbocycles. The summed E-state index contributed by atoms with van der Waals surface area (Å²) < 4.78 is 46.7. The summed E-state index contributed by atoms with van der Waals surface area (Å²) in [6.45, 7) is 2.98. The summed E-state index contributed by atoms with van der Waals surface area (Å²) in [4.78, 5) is 14.6. The summed E-state index contributed by atoms with van der Waals surface area (Å²) in [6.07, 6.45) is 2.95. The van der Waals surface area contributed by atoms with Crippen LogP contribution in [0.3, 0.4) is 0 Å². The molecule has 3 rings (SSSR count). The van der Waals surface area contributed by atoms with Gasteiger partial charge in [-0.15, -0.1) is 0 Å². The lowest BCUT2D eigenvalue weighted by atomic mass is 10.1. The van der Waals surface area contributed by atoms with Crippen molar-refractivity contribution in [2.45, 2.75) is 37.1 Å². The van der Waals surface area contributed by atoms with Crippen molar-refractivity contribution in [1.82, 2.24) is 9.62 Å². The van der Waals surface area contributed by atoms with Gasteiger partial charge >= 0.3 is 0 Å². The lowest BCUT2D eigenvalue weighted by molar-refractivity contribution is 0.0720. The molecule has 1 atom stereocenters. The van der Waals surface area contributed by atoms with E-state index in [1.165, 1.54) is 49.6 Å². The average molecular weight is 421 g/mol. The standard InChI is InChI=1S/C21H25FN2O4S/c1-15(16-6-8-17(22)9-7-16)23-29(26,27)18-10-11-20(28-2)19(14-18)21(25)24-12-4-3-5-13-24/h6-11,14-15,23H,3-5,12-13H2,1-2H3. The van der Waals surface area contributed by atoms with Gasteiger partial charge in [0.25, 0.3) is 5.91 Å². The Morgan fingerprint density at radius 1 is 1.10 bits per heavy atom. The van der Waals surface area contributed by atoms with Crippen molar-refractivity contribution in [2.75, 3.05) is 20.2 Å². The van der Waals surface area contributed by atoms with Crippen molar-refractivity contribution in [1.29, 1.82) is 0 Å². The Morgan fingerprint density at radius 3 is 2.38 bits per heavy atom. The first-order chi connectivity index (χ1) is 13.8. The molecule has 1 N–H and O–H groups in total. The van der Waals surface area contributed by atoms with Crippen LogP contribution in [0.5, 0.6) is 5.75 Å². The van der Waals surface area contributed by atoms with E-state index >= 15 is 0 Å². The quantitative estimate of drug-likeness (QED) is 0.776. The van der Waals surface area contributed by atoms with E-state index in [0.29, 0.717) is 24.4 Å². The Bertz CT molecular complexity index is 971. The molecule has 0 aliphatic carbocycles. The second-order valence-electron chi connectivity index (χ2n) is 7.11. The Kier molecular flexibility index (Phi) is 6.54. The zero-order valence-corrected chi connectivity index (χ0v) is 17.3. The third-order valence-corrected chi connectivity index (χ3v) is 6.60. The third-order valence-electron chi connectivity index (χ3n) is 5.06. The van der Waals surface area contributed by atoms with Gasteiger partial charge in [-0.3, -0.25) is 4.79 Å². The van der Waals surface area contributed by atoms with Crippen LogP contribution >= 0.6 is 0 Å². The Labute approximate surface area is 170 Å². The molecule has 6 nitrogen and oxygen atoms in total. The molecule has 1 fully saturated rings. The number of nitrogens with one attached hydrogen (secondary N) is 1. The second kappa shape index (κ2) is 8.92. The number of carbonyl (C=O) groups excluding carboxylic acids is 1. The van der Waals surface area contributed by atoms with Crippen LogP contribution in [0, 0.1) is 5.82 Å². The van der Waals surface area contributed by atoms with Crippen LogP contribution < -0.4 is 9.46 Å². The molecule has 0 radical (unpaired) electrons. The largest absolute Gasteiger partial charge is 0.496 e. The summed E-state index contributed by atoms with van der Waals surface area (Å²) >= 11 is 0. The zero-order chi connectivity index (χ0) is 21.0. The van der Waals surface area contributed by atoms with Crippen LogP contribution in [0.1, 0.15) is 48.1 Å². The maximum Gasteiger partial charge on any atom is 0.257 e. The molecule has 1 aliphatic heterocycles. The van der Waals surface area contributed by atoms with E-state index in [-0.39, 0.29) is 22.2 Å². The van der Waals surface area contributed by atoms with Gasteiger partial charge in [0.15, 0.2) is 0 Å². The smallest absolute Gasteiger partial charge is 0.257 e. The normalized spacial score (nSPS) is 15.8. The molecule has 0 bridgehead atoms. The molecule has 0 aromatic heterocycles. The average Bonchev–Trinajstić information content (AvgIpc) is 2.73. The van der Waals surface area contributed by atoms with Crippen LogP contribution in [0.15, 0.2) is 47.4 Å². The number of piperidine rings is 1. The number of halogens is 1. The van der Waals surface area contributed by atoms with E-state index in [2.05, 4.69) is 4.72 Å². The van der Waals surface area contributed by atoms with Gasteiger partial charge in [-0.05, 0) is 62.1 Å². The van der Waals surface area contributed by atoms with Crippen LogP contribution in [-0.2, 0) is 10.0 Å². The van der Waals surface area contributed by atoms with E-state index in [1.54, 1.807) is 11.8 Å². The minimum atomic E-state index is -3.90. The number of hydrogen-bond donors (Lipinski definition) is 1. The molecular formula is C21H25FN2O4S. The number of amides is 1. The minimum absolute atomic E-state index is 0.0207. The highest BCUT2D eigenvalue weighted by atomic mass is 32.2. The van der Waals surface area contributed by atoms with Crippen LogP contribution in [0.4, 0.5) is 4.39 Å². The predicted octanol–water partition coefficient (Wildman–Crippen LogP) is 3.50. The summed E-state index contributed by atoms with van der Waals surface area (Å²) in [5.74, 6) is -0.281. The molecule has 0 spiro atoms. The minimum Gasteiger partial charge on any atom is -0.496 e. The van der Waals surface area contributed by atoms with Gasteiger partial charge in [0.05, 0.1) is 17.6 Å². The van der Waals surface area contributed by atoms with Gasteiger partial charge in [-0.25, -0.2) is 17.5 Å². The van der Waals surface area contributed by atoms with E-state index in [0.717, 1.165) is 19.3 Å². The predicted molar refractivity (Wildman–Crippen MR) is 108 cm³/mol. The summed E-state index contributed by atoms with van der Waals surface area (Å²) in [6, 6.07) is 9.31. The number of ether oxygens (including phenoxy) is 1. The maximum absolute atomic E-state index is 13.1. The maximum atomic E-state index is 13.1. The summed E-state index contributed by atoms with van der Waals surface area (Å²) in [7, 11) is -2.45. The molecule has 2 aromatic rings. The lowest BCUT2D eigenvalue weighted by Crippen LogP contribution is -2.36. The van der Waals surface area contributed by atoms with Crippen molar-refractivity contribution >= 4 is 15.9 Å². The monoisotopic (exact) mass is 420 g/mol. The van der Waals surface area contributed by atoms with E-state index in [9.17, 15) is 17.6 Å².